The molecule has 0 aliphatic heterocycles. The van der Waals surface area contributed by atoms with Crippen molar-refractivity contribution in [2.75, 3.05) is 11.1 Å². The molecule has 2 rings (SSSR count). The van der Waals surface area contributed by atoms with Crippen molar-refractivity contribution in [3.63, 3.8) is 0 Å². The second-order valence-corrected chi connectivity index (χ2v) is 4.10. The van der Waals surface area contributed by atoms with Gasteiger partial charge >= 0.3 is 6.09 Å². The zero-order valence-electron chi connectivity index (χ0n) is 9.97. The molecule has 0 aromatic heterocycles. The van der Waals surface area contributed by atoms with E-state index in [0.29, 0.717) is 11.4 Å². The summed E-state index contributed by atoms with van der Waals surface area (Å²) in [7, 11) is 0. The molecule has 2 aromatic rings. The van der Waals surface area contributed by atoms with E-state index in [4.69, 9.17) is 10.8 Å². The highest BCUT2D eigenvalue weighted by molar-refractivity contribution is 5.89. The lowest BCUT2D eigenvalue weighted by molar-refractivity contribution is 0.210. The molecule has 0 aliphatic carbocycles. The summed E-state index contributed by atoms with van der Waals surface area (Å²) in [5.41, 5.74) is 9.82. The summed E-state index contributed by atoms with van der Waals surface area (Å²) in [5.74, 6) is 0. The van der Waals surface area contributed by atoms with Crippen molar-refractivity contribution in [3.8, 4) is 11.1 Å². The van der Waals surface area contributed by atoms with Crippen molar-refractivity contribution < 1.29 is 9.90 Å². The molecule has 0 radical (unpaired) electrons. The first-order valence-corrected chi connectivity index (χ1v) is 5.53. The summed E-state index contributed by atoms with van der Waals surface area (Å²) in [6, 6.07) is 13.3. The van der Waals surface area contributed by atoms with Crippen LogP contribution in [0.15, 0.2) is 42.5 Å². The Morgan fingerprint density at radius 2 is 1.89 bits per heavy atom. The predicted octanol–water partition coefficient (Wildman–Crippen LogP) is 3.33. The second-order valence-electron chi connectivity index (χ2n) is 4.10. The highest BCUT2D eigenvalue weighted by Crippen LogP contribution is 2.27. The normalized spacial score (nSPS) is 10.1. The Labute approximate surface area is 105 Å². The smallest absolute Gasteiger partial charge is 0.409 e. The molecule has 0 saturated heterocycles. The van der Waals surface area contributed by atoms with Gasteiger partial charge in [-0.25, -0.2) is 4.79 Å². The van der Waals surface area contributed by atoms with Crippen LogP contribution in [0.2, 0.25) is 0 Å². The molecule has 0 heterocycles. The molecule has 18 heavy (non-hydrogen) atoms. The number of hydrogen-bond acceptors (Lipinski definition) is 2. The van der Waals surface area contributed by atoms with Gasteiger partial charge in [-0.05, 0) is 30.2 Å². The minimum Gasteiger partial charge on any atom is -0.465 e. The number of carboxylic acid groups (broad SMARTS) is 1. The van der Waals surface area contributed by atoms with E-state index in [9.17, 15) is 4.79 Å². The number of carbonyl (C=O) groups is 1. The third-order valence-electron chi connectivity index (χ3n) is 2.64. The van der Waals surface area contributed by atoms with E-state index in [2.05, 4.69) is 11.4 Å². The molecule has 4 nitrogen and oxygen atoms in total. The molecule has 0 unspecified atom stereocenters. The standard InChI is InChI=1S/C14H14N2O2/c1-9-3-2-4-10(7-9)11-5-6-13(12(15)8-11)16-14(17)18/h2-8,16H,15H2,1H3,(H,17,18). The fourth-order valence-electron chi connectivity index (χ4n) is 1.80. The molecular weight excluding hydrogens is 228 g/mol. The van der Waals surface area contributed by atoms with Crippen LogP contribution in [0.25, 0.3) is 11.1 Å². The molecule has 4 heteroatoms. The molecular formula is C14H14N2O2. The van der Waals surface area contributed by atoms with Crippen LogP contribution in [0.4, 0.5) is 16.2 Å². The number of benzene rings is 2. The number of nitrogens with one attached hydrogen (secondary N) is 1. The molecule has 4 N–H and O–H groups in total. The third-order valence-corrected chi connectivity index (χ3v) is 2.64. The fourth-order valence-corrected chi connectivity index (χ4v) is 1.80. The van der Waals surface area contributed by atoms with E-state index < -0.39 is 6.09 Å². The summed E-state index contributed by atoms with van der Waals surface area (Å²) in [6.45, 7) is 2.02. The molecule has 0 saturated carbocycles. The second kappa shape index (κ2) is 4.79. The lowest BCUT2D eigenvalue weighted by Crippen LogP contribution is -2.09. The monoisotopic (exact) mass is 242 g/mol. The van der Waals surface area contributed by atoms with Crippen LogP contribution in [0.3, 0.4) is 0 Å². The Bertz CT molecular complexity index is 594. The number of hydrogen-bond donors (Lipinski definition) is 3. The van der Waals surface area contributed by atoms with Gasteiger partial charge in [-0.3, -0.25) is 5.32 Å². The summed E-state index contributed by atoms with van der Waals surface area (Å²) in [6.07, 6.45) is -1.12. The molecule has 0 atom stereocenters. The van der Waals surface area contributed by atoms with E-state index in [0.717, 1.165) is 11.1 Å². The average Bonchev–Trinajstić information content (AvgIpc) is 2.31. The minimum absolute atomic E-state index is 0.402. The van der Waals surface area contributed by atoms with Gasteiger partial charge in [-0.15, -0.1) is 0 Å². The van der Waals surface area contributed by atoms with Crippen LogP contribution in [0.1, 0.15) is 5.56 Å². The van der Waals surface area contributed by atoms with Crippen molar-refractivity contribution in [2.45, 2.75) is 6.92 Å². The molecule has 0 fully saturated rings. The van der Waals surface area contributed by atoms with E-state index in [1.54, 1.807) is 12.1 Å². The van der Waals surface area contributed by atoms with Gasteiger partial charge in [0, 0.05) is 0 Å². The van der Waals surface area contributed by atoms with Gasteiger partial charge in [0.05, 0.1) is 11.4 Å². The number of nitrogen functional groups attached to an aromatic ring is 1. The Morgan fingerprint density at radius 1 is 1.17 bits per heavy atom. The highest BCUT2D eigenvalue weighted by Gasteiger charge is 2.05. The van der Waals surface area contributed by atoms with Crippen molar-refractivity contribution in [1.82, 2.24) is 0 Å². The Hall–Kier alpha value is -2.49. The van der Waals surface area contributed by atoms with Crippen LogP contribution in [0.5, 0.6) is 0 Å². The predicted molar refractivity (Wildman–Crippen MR) is 72.7 cm³/mol. The lowest BCUT2D eigenvalue weighted by atomic mass is 10.0. The topological polar surface area (TPSA) is 75.3 Å². The number of nitrogens with two attached hydrogens (primary N) is 1. The van der Waals surface area contributed by atoms with E-state index in [-0.39, 0.29) is 0 Å². The average molecular weight is 242 g/mol. The molecule has 1 amide bonds. The van der Waals surface area contributed by atoms with Crippen molar-refractivity contribution in [1.29, 1.82) is 0 Å². The lowest BCUT2D eigenvalue weighted by Gasteiger charge is -2.08. The van der Waals surface area contributed by atoms with Crippen molar-refractivity contribution in [2.24, 2.45) is 0 Å². The molecule has 0 aliphatic rings. The summed E-state index contributed by atoms with van der Waals surface area (Å²) in [5, 5.41) is 10.9. The maximum absolute atomic E-state index is 10.6. The SMILES string of the molecule is Cc1cccc(-c2ccc(NC(=O)O)c(N)c2)c1. The van der Waals surface area contributed by atoms with Gasteiger partial charge in [-0.2, -0.15) is 0 Å². The Morgan fingerprint density at radius 3 is 2.50 bits per heavy atom. The molecule has 92 valence electrons. The Balaban J connectivity index is 2.37. The highest BCUT2D eigenvalue weighted by atomic mass is 16.4. The van der Waals surface area contributed by atoms with Gasteiger partial charge in [0.2, 0.25) is 0 Å². The van der Waals surface area contributed by atoms with Gasteiger partial charge in [0.25, 0.3) is 0 Å². The molecule has 0 bridgehead atoms. The minimum atomic E-state index is -1.12. The molecule has 0 spiro atoms. The third kappa shape index (κ3) is 2.60. The van der Waals surface area contributed by atoms with Gasteiger partial charge in [0.1, 0.15) is 0 Å². The fraction of sp³-hybridized carbons (Fsp3) is 0.0714. The first-order chi connectivity index (χ1) is 8.56. The maximum atomic E-state index is 10.6. The first kappa shape index (κ1) is 12.0. The van der Waals surface area contributed by atoms with Gasteiger partial charge in [-0.1, -0.05) is 35.9 Å². The van der Waals surface area contributed by atoms with Crippen LogP contribution < -0.4 is 11.1 Å². The van der Waals surface area contributed by atoms with Crippen molar-refractivity contribution in [3.05, 3.63) is 48.0 Å². The van der Waals surface area contributed by atoms with Gasteiger partial charge in [0.15, 0.2) is 0 Å². The summed E-state index contributed by atoms with van der Waals surface area (Å²) in [4.78, 5) is 10.6. The van der Waals surface area contributed by atoms with Crippen LogP contribution in [0, 0.1) is 6.92 Å². The summed E-state index contributed by atoms with van der Waals surface area (Å²) >= 11 is 0. The zero-order valence-corrected chi connectivity index (χ0v) is 9.97. The van der Waals surface area contributed by atoms with Gasteiger partial charge < -0.3 is 10.8 Å². The van der Waals surface area contributed by atoms with Crippen molar-refractivity contribution >= 4 is 17.5 Å². The first-order valence-electron chi connectivity index (χ1n) is 5.53. The van der Waals surface area contributed by atoms with E-state index in [1.807, 2.05) is 31.2 Å². The number of amides is 1. The quantitative estimate of drug-likeness (QED) is 0.707. The number of anilines is 2. The van der Waals surface area contributed by atoms with Crippen LogP contribution in [-0.2, 0) is 0 Å². The molecule has 2 aromatic carbocycles. The van der Waals surface area contributed by atoms with Crippen LogP contribution >= 0.6 is 0 Å². The van der Waals surface area contributed by atoms with E-state index >= 15 is 0 Å². The number of rotatable bonds is 2. The van der Waals surface area contributed by atoms with Crippen LogP contribution in [-0.4, -0.2) is 11.2 Å². The zero-order chi connectivity index (χ0) is 13.1. The maximum Gasteiger partial charge on any atom is 0.409 e. The largest absolute Gasteiger partial charge is 0.465 e. The Kier molecular flexibility index (Phi) is 3.19. The number of aryl methyl sites for hydroxylation is 1. The summed E-state index contributed by atoms with van der Waals surface area (Å²) < 4.78 is 0. The van der Waals surface area contributed by atoms with E-state index in [1.165, 1.54) is 5.56 Å².